The third kappa shape index (κ3) is 1.78. The molecule has 0 spiro atoms. The number of pyridine rings is 1. The minimum absolute atomic E-state index is 0.341. The van der Waals surface area contributed by atoms with Crippen molar-refractivity contribution in [2.24, 2.45) is 0 Å². The zero-order valence-electron chi connectivity index (χ0n) is 12.4. The summed E-state index contributed by atoms with van der Waals surface area (Å²) in [5.41, 5.74) is -0.107. The van der Waals surface area contributed by atoms with E-state index in [1.807, 2.05) is 34.6 Å². The van der Waals surface area contributed by atoms with Crippen LogP contribution in [0.25, 0.3) is 5.52 Å². The van der Waals surface area contributed by atoms with Crippen LogP contribution >= 0.6 is 0 Å². The molecule has 1 aliphatic heterocycles. The van der Waals surface area contributed by atoms with E-state index in [9.17, 15) is 4.39 Å². The molecule has 0 N–H and O–H groups in total. The van der Waals surface area contributed by atoms with Crippen molar-refractivity contribution < 1.29 is 13.7 Å². The molecule has 0 amide bonds. The predicted octanol–water partition coefficient (Wildman–Crippen LogP) is 2.08. The van der Waals surface area contributed by atoms with Crippen LogP contribution in [0.1, 0.15) is 33.5 Å². The molecule has 1 saturated heterocycles. The molecule has 20 heavy (non-hydrogen) atoms. The van der Waals surface area contributed by atoms with E-state index in [2.05, 4.69) is 4.98 Å². The Bertz CT molecular complexity index is 665. The number of hydrogen-bond acceptors (Lipinski definition) is 3. The van der Waals surface area contributed by atoms with Gasteiger partial charge in [0.1, 0.15) is 17.2 Å². The smallest absolute Gasteiger partial charge is 0.399 e. The molecule has 6 heteroatoms. The van der Waals surface area contributed by atoms with Gasteiger partial charge in [0, 0.05) is 11.7 Å². The van der Waals surface area contributed by atoms with Crippen molar-refractivity contribution in [3.05, 3.63) is 30.1 Å². The summed E-state index contributed by atoms with van der Waals surface area (Å²) < 4.78 is 28.1. The average Bonchev–Trinajstić information content (AvgIpc) is 2.79. The Morgan fingerprint density at radius 2 is 1.80 bits per heavy atom. The Morgan fingerprint density at radius 3 is 2.40 bits per heavy atom. The summed E-state index contributed by atoms with van der Waals surface area (Å²) in [5, 5.41) is 0. The second kappa shape index (κ2) is 4.05. The van der Waals surface area contributed by atoms with E-state index in [0.717, 1.165) is 5.82 Å². The molecule has 3 heterocycles. The lowest BCUT2D eigenvalue weighted by atomic mass is 9.79. The second-order valence-electron chi connectivity index (χ2n) is 6.23. The molecule has 4 nitrogen and oxygen atoms in total. The number of aryl methyl sites for hydroxylation is 1. The lowest BCUT2D eigenvalue weighted by Gasteiger charge is -2.32. The Hall–Kier alpha value is -1.40. The topological polar surface area (TPSA) is 35.8 Å². The largest absolute Gasteiger partial charge is 0.497 e. The zero-order valence-corrected chi connectivity index (χ0v) is 12.4. The molecule has 0 bridgehead atoms. The van der Waals surface area contributed by atoms with Crippen molar-refractivity contribution in [1.82, 2.24) is 9.38 Å². The predicted molar refractivity (Wildman–Crippen MR) is 75.6 cm³/mol. The Kier molecular flexibility index (Phi) is 2.75. The van der Waals surface area contributed by atoms with Gasteiger partial charge in [-0.3, -0.25) is 0 Å². The summed E-state index contributed by atoms with van der Waals surface area (Å²) in [5.74, 6) is 0.408. The fraction of sp³-hybridized carbons (Fsp3) is 0.500. The Balaban J connectivity index is 2.06. The Morgan fingerprint density at radius 1 is 1.20 bits per heavy atom. The summed E-state index contributed by atoms with van der Waals surface area (Å²) in [6.45, 7) is 9.64. The number of aromatic nitrogens is 2. The lowest BCUT2D eigenvalue weighted by Crippen LogP contribution is -2.41. The third-order valence-corrected chi connectivity index (χ3v) is 4.37. The minimum Gasteiger partial charge on any atom is -0.399 e. The molecule has 0 atom stereocenters. The second-order valence-corrected chi connectivity index (χ2v) is 6.23. The van der Waals surface area contributed by atoms with Crippen LogP contribution in [0, 0.1) is 12.7 Å². The number of nitrogens with zero attached hydrogens (tertiary/aromatic N) is 2. The number of halogens is 1. The van der Waals surface area contributed by atoms with Gasteiger partial charge < -0.3 is 13.7 Å². The number of imidazole rings is 1. The van der Waals surface area contributed by atoms with Crippen LogP contribution in [-0.2, 0) is 9.31 Å². The molecule has 0 unspecified atom stereocenters. The summed E-state index contributed by atoms with van der Waals surface area (Å²) in [7, 11) is -0.694. The first-order chi connectivity index (χ1) is 9.23. The molecule has 106 valence electrons. The standard InChI is InChI=1S/C14H18BFN2O2/c1-9-17-8-11-12(16)10(6-7-18(9)11)15-19-13(2,3)14(4,5)20-15/h6-8H,1-5H3. The van der Waals surface area contributed by atoms with E-state index in [4.69, 9.17) is 9.31 Å². The maximum atomic E-state index is 14.6. The van der Waals surface area contributed by atoms with Gasteiger partial charge >= 0.3 is 7.12 Å². The molecule has 2 aromatic heterocycles. The molecule has 0 aliphatic carbocycles. The van der Waals surface area contributed by atoms with Crippen molar-refractivity contribution in [2.75, 3.05) is 0 Å². The van der Waals surface area contributed by atoms with Crippen molar-refractivity contribution in [2.45, 2.75) is 45.8 Å². The highest BCUT2D eigenvalue weighted by molar-refractivity contribution is 6.62. The summed E-state index contributed by atoms with van der Waals surface area (Å²) in [4.78, 5) is 4.12. The summed E-state index contributed by atoms with van der Waals surface area (Å²) in [6.07, 6.45) is 3.32. The van der Waals surface area contributed by atoms with Gasteiger partial charge in [0.25, 0.3) is 0 Å². The van der Waals surface area contributed by atoms with E-state index < -0.39 is 18.3 Å². The quantitative estimate of drug-likeness (QED) is 0.748. The summed E-state index contributed by atoms with van der Waals surface area (Å²) in [6, 6.07) is 1.69. The molecule has 0 saturated carbocycles. The van der Waals surface area contributed by atoms with Crippen molar-refractivity contribution in [3.63, 3.8) is 0 Å². The van der Waals surface area contributed by atoms with Crippen LogP contribution in [0.2, 0.25) is 0 Å². The van der Waals surface area contributed by atoms with E-state index in [0.29, 0.717) is 11.0 Å². The monoisotopic (exact) mass is 276 g/mol. The van der Waals surface area contributed by atoms with Gasteiger partial charge in [0.15, 0.2) is 0 Å². The van der Waals surface area contributed by atoms with E-state index in [1.54, 1.807) is 16.7 Å². The van der Waals surface area contributed by atoms with E-state index in [1.165, 1.54) is 6.20 Å². The molecule has 0 radical (unpaired) electrons. The van der Waals surface area contributed by atoms with Gasteiger partial charge in [-0.2, -0.15) is 0 Å². The highest BCUT2D eigenvalue weighted by Gasteiger charge is 2.52. The maximum absolute atomic E-state index is 14.6. The molecular weight excluding hydrogens is 258 g/mol. The first-order valence-electron chi connectivity index (χ1n) is 6.71. The van der Waals surface area contributed by atoms with Crippen molar-refractivity contribution in [3.8, 4) is 0 Å². The minimum atomic E-state index is -0.694. The van der Waals surface area contributed by atoms with Crippen LogP contribution in [0.4, 0.5) is 4.39 Å². The zero-order chi connectivity index (χ0) is 14.7. The normalized spacial score (nSPS) is 20.8. The highest BCUT2D eigenvalue weighted by atomic mass is 19.1. The highest BCUT2D eigenvalue weighted by Crippen LogP contribution is 2.36. The van der Waals surface area contributed by atoms with Gasteiger partial charge in [-0.1, -0.05) is 0 Å². The molecule has 1 aliphatic rings. The van der Waals surface area contributed by atoms with Crippen molar-refractivity contribution >= 4 is 18.1 Å². The molecule has 0 aromatic carbocycles. The Labute approximate surface area is 118 Å². The van der Waals surface area contributed by atoms with Crippen LogP contribution in [0.15, 0.2) is 18.5 Å². The molecule has 2 aromatic rings. The van der Waals surface area contributed by atoms with E-state index >= 15 is 0 Å². The maximum Gasteiger partial charge on any atom is 0.497 e. The number of rotatable bonds is 1. The van der Waals surface area contributed by atoms with Crippen LogP contribution < -0.4 is 5.46 Å². The average molecular weight is 276 g/mol. The van der Waals surface area contributed by atoms with Crippen molar-refractivity contribution in [1.29, 1.82) is 0 Å². The summed E-state index contributed by atoms with van der Waals surface area (Å²) >= 11 is 0. The first kappa shape index (κ1) is 13.6. The van der Waals surface area contributed by atoms with Gasteiger partial charge in [-0.15, -0.1) is 0 Å². The van der Waals surface area contributed by atoms with Crippen LogP contribution in [0.3, 0.4) is 0 Å². The lowest BCUT2D eigenvalue weighted by molar-refractivity contribution is 0.00578. The van der Waals surface area contributed by atoms with Gasteiger partial charge in [-0.25, -0.2) is 9.37 Å². The van der Waals surface area contributed by atoms with Gasteiger partial charge in [0.05, 0.1) is 17.4 Å². The number of hydrogen-bond donors (Lipinski definition) is 0. The third-order valence-electron chi connectivity index (χ3n) is 4.37. The molecular formula is C14H18BFN2O2. The van der Waals surface area contributed by atoms with Gasteiger partial charge in [0.2, 0.25) is 0 Å². The molecule has 1 fully saturated rings. The first-order valence-corrected chi connectivity index (χ1v) is 6.71. The SMILES string of the molecule is Cc1ncc2c(F)c(B3OC(C)(C)C(C)(C)O3)ccn12. The van der Waals surface area contributed by atoms with Crippen LogP contribution in [-0.4, -0.2) is 27.7 Å². The fourth-order valence-corrected chi connectivity index (χ4v) is 2.33. The van der Waals surface area contributed by atoms with Crippen LogP contribution in [0.5, 0.6) is 0 Å². The number of fused-ring (bicyclic) bond motifs is 1. The van der Waals surface area contributed by atoms with Gasteiger partial charge in [-0.05, 0) is 40.7 Å². The fourth-order valence-electron chi connectivity index (χ4n) is 2.33. The van der Waals surface area contributed by atoms with E-state index in [-0.39, 0.29) is 5.82 Å². The molecule has 3 rings (SSSR count).